The van der Waals surface area contributed by atoms with Gasteiger partial charge in [0, 0.05) is 31.8 Å². The fourth-order valence-electron chi connectivity index (χ4n) is 2.42. The van der Waals surface area contributed by atoms with Crippen LogP contribution in [-0.4, -0.2) is 40.3 Å². The summed E-state index contributed by atoms with van der Waals surface area (Å²) in [5, 5.41) is 5.36. The Balaban J connectivity index is 1.38. The van der Waals surface area contributed by atoms with E-state index >= 15 is 0 Å². The first-order valence-electron chi connectivity index (χ1n) is 8.49. The number of benzene rings is 1. The van der Waals surface area contributed by atoms with Crippen LogP contribution in [0.1, 0.15) is 11.4 Å². The Morgan fingerprint density at radius 2 is 1.96 bits per heavy atom. The summed E-state index contributed by atoms with van der Waals surface area (Å²) >= 11 is 0. The summed E-state index contributed by atoms with van der Waals surface area (Å²) in [4.78, 5) is 23.2. The highest BCUT2D eigenvalue weighted by Crippen LogP contribution is 2.17. The molecule has 2 heterocycles. The normalized spacial score (nSPS) is 11.4. The third-order valence-corrected chi connectivity index (χ3v) is 3.72. The SMILES string of the molecule is O=C(NCCc1nc2ccccc2[nH]1)NCc1ccc(OCC(F)(F)F)nc1. The molecular weight excluding hydrogens is 375 g/mol. The largest absolute Gasteiger partial charge is 0.468 e. The third-order valence-electron chi connectivity index (χ3n) is 3.72. The molecular formula is C18H18F3N5O2. The Bertz CT molecular complexity index is 892. The zero-order valence-electron chi connectivity index (χ0n) is 14.7. The van der Waals surface area contributed by atoms with E-state index in [1.807, 2.05) is 24.3 Å². The zero-order valence-corrected chi connectivity index (χ0v) is 14.7. The number of pyridine rings is 1. The Morgan fingerprint density at radius 3 is 2.68 bits per heavy atom. The molecule has 148 valence electrons. The lowest BCUT2D eigenvalue weighted by atomic mass is 10.3. The van der Waals surface area contributed by atoms with E-state index < -0.39 is 12.8 Å². The molecule has 0 saturated carbocycles. The second-order valence-corrected chi connectivity index (χ2v) is 5.97. The number of nitrogens with zero attached hydrogens (tertiary/aromatic N) is 2. The summed E-state index contributed by atoms with van der Waals surface area (Å²) in [6.45, 7) is -0.817. The van der Waals surface area contributed by atoms with Crippen molar-refractivity contribution in [3.63, 3.8) is 0 Å². The van der Waals surface area contributed by atoms with Gasteiger partial charge in [-0.1, -0.05) is 18.2 Å². The molecule has 7 nitrogen and oxygen atoms in total. The van der Waals surface area contributed by atoms with Crippen molar-refractivity contribution in [2.75, 3.05) is 13.2 Å². The van der Waals surface area contributed by atoms with Gasteiger partial charge in [-0.2, -0.15) is 13.2 Å². The van der Waals surface area contributed by atoms with Crippen LogP contribution in [-0.2, 0) is 13.0 Å². The van der Waals surface area contributed by atoms with Gasteiger partial charge in [0.1, 0.15) is 5.82 Å². The average molecular weight is 393 g/mol. The summed E-state index contributed by atoms with van der Waals surface area (Å²) in [6, 6.07) is 10.1. The van der Waals surface area contributed by atoms with Crippen molar-refractivity contribution < 1.29 is 22.7 Å². The van der Waals surface area contributed by atoms with Crippen molar-refractivity contribution in [1.29, 1.82) is 0 Å². The van der Waals surface area contributed by atoms with Gasteiger partial charge in [0.15, 0.2) is 6.61 Å². The minimum absolute atomic E-state index is 0.128. The number of carbonyl (C=O) groups is 1. The molecule has 2 amide bonds. The molecule has 0 atom stereocenters. The van der Waals surface area contributed by atoms with E-state index in [1.54, 1.807) is 0 Å². The Hall–Kier alpha value is -3.30. The molecule has 0 fully saturated rings. The molecule has 2 aromatic heterocycles. The zero-order chi connectivity index (χ0) is 20.0. The summed E-state index contributed by atoms with van der Waals surface area (Å²) in [6.07, 6.45) is -2.52. The van der Waals surface area contributed by atoms with Crippen LogP contribution in [0.5, 0.6) is 5.88 Å². The fourth-order valence-corrected chi connectivity index (χ4v) is 2.42. The van der Waals surface area contributed by atoms with Crippen molar-refractivity contribution in [1.82, 2.24) is 25.6 Å². The Kier molecular flexibility index (Phi) is 5.97. The first-order valence-corrected chi connectivity index (χ1v) is 8.49. The van der Waals surface area contributed by atoms with Crippen LogP contribution in [0.3, 0.4) is 0 Å². The lowest BCUT2D eigenvalue weighted by Gasteiger charge is -2.09. The summed E-state index contributed by atoms with van der Waals surface area (Å²) in [5.74, 6) is 0.650. The molecule has 0 radical (unpaired) electrons. The van der Waals surface area contributed by atoms with Crippen LogP contribution >= 0.6 is 0 Å². The molecule has 0 aliphatic heterocycles. The van der Waals surface area contributed by atoms with Crippen LogP contribution in [0.2, 0.25) is 0 Å². The number of ether oxygens (including phenoxy) is 1. The molecule has 3 rings (SSSR count). The Labute approximate surface area is 158 Å². The number of para-hydroxylation sites is 2. The van der Waals surface area contributed by atoms with Gasteiger partial charge < -0.3 is 20.4 Å². The first-order chi connectivity index (χ1) is 13.4. The van der Waals surface area contributed by atoms with Gasteiger partial charge in [-0.3, -0.25) is 0 Å². The number of rotatable bonds is 7. The first kappa shape index (κ1) is 19.5. The molecule has 28 heavy (non-hydrogen) atoms. The number of amides is 2. The average Bonchev–Trinajstić information content (AvgIpc) is 3.08. The van der Waals surface area contributed by atoms with Crippen LogP contribution < -0.4 is 15.4 Å². The number of aromatic nitrogens is 3. The van der Waals surface area contributed by atoms with Gasteiger partial charge >= 0.3 is 12.2 Å². The van der Waals surface area contributed by atoms with E-state index in [0.717, 1.165) is 16.9 Å². The maximum atomic E-state index is 12.1. The van der Waals surface area contributed by atoms with Gasteiger partial charge in [0.2, 0.25) is 5.88 Å². The number of imidazole rings is 1. The maximum Gasteiger partial charge on any atom is 0.422 e. The van der Waals surface area contributed by atoms with Crippen molar-refractivity contribution in [2.45, 2.75) is 19.1 Å². The van der Waals surface area contributed by atoms with Crippen LogP contribution in [0.15, 0.2) is 42.6 Å². The summed E-state index contributed by atoms with van der Waals surface area (Å²) in [7, 11) is 0. The van der Waals surface area contributed by atoms with E-state index in [9.17, 15) is 18.0 Å². The monoisotopic (exact) mass is 393 g/mol. The molecule has 3 aromatic rings. The number of nitrogens with one attached hydrogen (secondary N) is 3. The lowest BCUT2D eigenvalue weighted by Crippen LogP contribution is -2.36. The predicted molar refractivity (Wildman–Crippen MR) is 95.8 cm³/mol. The molecule has 10 heteroatoms. The maximum absolute atomic E-state index is 12.1. The van der Waals surface area contributed by atoms with Crippen LogP contribution in [0, 0.1) is 0 Å². The predicted octanol–water partition coefficient (Wildman–Crippen LogP) is 2.94. The van der Waals surface area contributed by atoms with Crippen molar-refractivity contribution in [3.05, 3.63) is 54.0 Å². The standard InChI is InChI=1S/C18H18F3N5O2/c19-18(20,21)11-28-16-6-5-12(9-23-16)10-24-17(27)22-8-7-15-25-13-3-1-2-4-14(13)26-15/h1-6,9H,7-8,10-11H2,(H,25,26)(H2,22,24,27). The van der Waals surface area contributed by atoms with E-state index in [-0.39, 0.29) is 18.5 Å². The van der Waals surface area contributed by atoms with E-state index in [4.69, 9.17) is 0 Å². The molecule has 1 aromatic carbocycles. The third kappa shape index (κ3) is 5.86. The summed E-state index contributed by atoms with van der Waals surface area (Å²) in [5.41, 5.74) is 2.45. The molecule has 3 N–H and O–H groups in total. The number of halogens is 3. The van der Waals surface area contributed by atoms with Gasteiger partial charge in [0.25, 0.3) is 0 Å². The number of hydrogen-bond acceptors (Lipinski definition) is 4. The second kappa shape index (κ2) is 8.59. The summed E-state index contributed by atoms with van der Waals surface area (Å²) < 4.78 is 40.8. The number of alkyl halides is 3. The number of fused-ring (bicyclic) bond motifs is 1. The number of hydrogen-bond donors (Lipinski definition) is 3. The van der Waals surface area contributed by atoms with Crippen molar-refractivity contribution in [3.8, 4) is 5.88 Å². The molecule has 0 aliphatic rings. The highest BCUT2D eigenvalue weighted by Gasteiger charge is 2.28. The quantitative estimate of drug-likeness (QED) is 0.576. The van der Waals surface area contributed by atoms with E-state index in [1.165, 1.54) is 18.3 Å². The number of H-pyrrole nitrogens is 1. The van der Waals surface area contributed by atoms with E-state index in [0.29, 0.717) is 18.5 Å². The molecule has 0 saturated heterocycles. The van der Waals surface area contributed by atoms with Crippen LogP contribution in [0.4, 0.5) is 18.0 Å². The smallest absolute Gasteiger partial charge is 0.422 e. The second-order valence-electron chi connectivity index (χ2n) is 5.97. The molecule has 0 aliphatic carbocycles. The van der Waals surface area contributed by atoms with Crippen molar-refractivity contribution in [2.24, 2.45) is 0 Å². The van der Waals surface area contributed by atoms with Gasteiger partial charge in [0.05, 0.1) is 11.0 Å². The minimum atomic E-state index is -4.41. The number of carbonyl (C=O) groups excluding carboxylic acids is 1. The van der Waals surface area contributed by atoms with Gasteiger partial charge in [-0.15, -0.1) is 0 Å². The lowest BCUT2D eigenvalue weighted by molar-refractivity contribution is -0.154. The Morgan fingerprint density at radius 1 is 1.14 bits per heavy atom. The van der Waals surface area contributed by atoms with Crippen LogP contribution in [0.25, 0.3) is 11.0 Å². The highest BCUT2D eigenvalue weighted by atomic mass is 19.4. The number of urea groups is 1. The van der Waals surface area contributed by atoms with Gasteiger partial charge in [-0.05, 0) is 17.7 Å². The molecule has 0 bridgehead atoms. The minimum Gasteiger partial charge on any atom is -0.468 e. The fraction of sp³-hybridized carbons (Fsp3) is 0.278. The molecule has 0 unspecified atom stereocenters. The van der Waals surface area contributed by atoms with E-state index in [2.05, 4.69) is 30.3 Å². The van der Waals surface area contributed by atoms with Gasteiger partial charge in [-0.25, -0.2) is 14.8 Å². The highest BCUT2D eigenvalue weighted by molar-refractivity contribution is 5.75. The number of aromatic amines is 1. The van der Waals surface area contributed by atoms with Crippen molar-refractivity contribution >= 4 is 17.1 Å². The topological polar surface area (TPSA) is 91.9 Å². The molecule has 0 spiro atoms.